The van der Waals surface area contributed by atoms with E-state index in [1.165, 1.54) is 6.08 Å². The van der Waals surface area contributed by atoms with Gasteiger partial charge in [-0.05, 0) is 18.1 Å². The van der Waals surface area contributed by atoms with Gasteiger partial charge in [0.05, 0.1) is 0 Å². The number of allylic oxidation sites excluding steroid dienone is 5. The molecule has 0 heterocycles. The van der Waals surface area contributed by atoms with Gasteiger partial charge in [-0.1, -0.05) is 18.7 Å². The van der Waals surface area contributed by atoms with Gasteiger partial charge in [-0.25, -0.2) is 4.39 Å². The molecule has 1 heteroatoms. The van der Waals surface area contributed by atoms with Crippen molar-refractivity contribution in [2.24, 2.45) is 0 Å². The Hall–Kier alpha value is -0.850. The third-order valence-corrected chi connectivity index (χ3v) is 1.32. The Morgan fingerprint density at radius 3 is 2.89 bits per heavy atom. The van der Waals surface area contributed by atoms with Crippen LogP contribution >= 0.6 is 0 Å². The van der Waals surface area contributed by atoms with E-state index in [0.717, 1.165) is 12.0 Å². The third kappa shape index (κ3) is 1.53. The van der Waals surface area contributed by atoms with Gasteiger partial charge >= 0.3 is 0 Å². The summed E-state index contributed by atoms with van der Waals surface area (Å²) in [7, 11) is 0. The lowest BCUT2D eigenvalue weighted by Crippen LogP contribution is -1.84. The van der Waals surface area contributed by atoms with Gasteiger partial charge in [0, 0.05) is 6.42 Å². The molecule has 0 aromatic carbocycles. The summed E-state index contributed by atoms with van der Waals surface area (Å²) in [4.78, 5) is 0. The fourth-order valence-electron chi connectivity index (χ4n) is 0.831. The van der Waals surface area contributed by atoms with E-state index in [1.807, 2.05) is 6.08 Å². The first-order chi connectivity index (χ1) is 4.33. The van der Waals surface area contributed by atoms with Crippen molar-refractivity contribution in [1.82, 2.24) is 0 Å². The van der Waals surface area contributed by atoms with Gasteiger partial charge in [-0.3, -0.25) is 0 Å². The highest BCUT2D eigenvalue weighted by molar-refractivity contribution is 5.33. The molecule has 0 fully saturated rings. The zero-order valence-corrected chi connectivity index (χ0v) is 5.23. The van der Waals surface area contributed by atoms with E-state index in [-0.39, 0.29) is 5.83 Å². The maximum Gasteiger partial charge on any atom is 0.101 e. The van der Waals surface area contributed by atoms with Gasteiger partial charge in [0.25, 0.3) is 0 Å². The van der Waals surface area contributed by atoms with Crippen LogP contribution in [0.25, 0.3) is 0 Å². The first-order valence-electron chi connectivity index (χ1n) is 3.01. The summed E-state index contributed by atoms with van der Waals surface area (Å²) in [5, 5.41) is 0. The molecular weight excluding hydrogens is 115 g/mol. The van der Waals surface area contributed by atoms with Crippen molar-refractivity contribution in [2.45, 2.75) is 12.8 Å². The first-order valence-corrected chi connectivity index (χ1v) is 3.01. The summed E-state index contributed by atoms with van der Waals surface area (Å²) in [6, 6.07) is 0. The summed E-state index contributed by atoms with van der Waals surface area (Å²) in [6.07, 6.45) is 6.53. The Morgan fingerprint density at radius 2 is 2.44 bits per heavy atom. The van der Waals surface area contributed by atoms with Crippen molar-refractivity contribution >= 4 is 0 Å². The molecule has 1 aliphatic carbocycles. The minimum atomic E-state index is -0.0348. The van der Waals surface area contributed by atoms with Crippen LogP contribution in [0.5, 0.6) is 0 Å². The zero-order valence-electron chi connectivity index (χ0n) is 5.23. The van der Waals surface area contributed by atoms with Gasteiger partial charge in [-0.2, -0.15) is 0 Å². The second-order valence-electron chi connectivity index (χ2n) is 2.04. The number of halogens is 1. The van der Waals surface area contributed by atoms with Crippen LogP contribution < -0.4 is 0 Å². The predicted octanol–water partition coefficient (Wildman–Crippen LogP) is 2.75. The molecule has 48 valence electrons. The fourth-order valence-corrected chi connectivity index (χ4v) is 0.831. The molecule has 0 aliphatic heterocycles. The number of hydrogen-bond acceptors (Lipinski definition) is 0. The van der Waals surface area contributed by atoms with Crippen molar-refractivity contribution in [3.05, 3.63) is 36.2 Å². The highest BCUT2D eigenvalue weighted by atomic mass is 19.1. The van der Waals surface area contributed by atoms with Crippen molar-refractivity contribution < 1.29 is 4.39 Å². The molecule has 0 aromatic rings. The van der Waals surface area contributed by atoms with E-state index in [1.54, 1.807) is 6.08 Å². The molecule has 0 aromatic heterocycles. The summed E-state index contributed by atoms with van der Waals surface area (Å²) in [6.45, 7) is 3.54. The lowest BCUT2D eigenvalue weighted by Gasteiger charge is -2.02. The summed E-state index contributed by atoms with van der Waals surface area (Å²) < 4.78 is 12.4. The van der Waals surface area contributed by atoms with Crippen LogP contribution in [0.15, 0.2) is 36.2 Å². The number of rotatable bonds is 1. The van der Waals surface area contributed by atoms with Gasteiger partial charge in [-0.15, -0.1) is 0 Å². The van der Waals surface area contributed by atoms with Crippen LogP contribution in [0.3, 0.4) is 0 Å². The second kappa shape index (κ2) is 2.62. The summed E-state index contributed by atoms with van der Waals surface area (Å²) in [5.41, 5.74) is 0.902. The monoisotopic (exact) mass is 124 g/mol. The fraction of sp³-hybridized carbons (Fsp3) is 0.250. The van der Waals surface area contributed by atoms with Crippen LogP contribution in [0.1, 0.15) is 12.8 Å². The van der Waals surface area contributed by atoms with Crippen LogP contribution in [0.2, 0.25) is 0 Å². The quantitative estimate of drug-likeness (QED) is 0.504. The van der Waals surface area contributed by atoms with E-state index in [4.69, 9.17) is 0 Å². The molecule has 0 unspecified atom stereocenters. The summed E-state index contributed by atoms with van der Waals surface area (Å²) >= 11 is 0. The molecule has 0 spiro atoms. The highest BCUT2D eigenvalue weighted by Crippen LogP contribution is 2.17. The van der Waals surface area contributed by atoms with Crippen molar-refractivity contribution in [1.29, 1.82) is 0 Å². The first kappa shape index (κ1) is 6.27. The molecule has 0 radical (unpaired) electrons. The molecule has 0 N–H and O–H groups in total. The van der Waals surface area contributed by atoms with E-state index in [9.17, 15) is 4.39 Å². The molecule has 1 rings (SSSR count). The SMILES string of the molecule is C=CC1=CCCC(F)=C1. The molecular formula is C8H9F. The van der Waals surface area contributed by atoms with Crippen LogP contribution in [-0.4, -0.2) is 0 Å². The Labute approximate surface area is 54.4 Å². The van der Waals surface area contributed by atoms with E-state index in [2.05, 4.69) is 6.58 Å². The molecule has 0 amide bonds. The average Bonchev–Trinajstić information content (AvgIpc) is 1.88. The zero-order chi connectivity index (χ0) is 6.69. The maximum atomic E-state index is 12.4. The molecule has 0 bridgehead atoms. The Bertz CT molecular complexity index is 175. The Balaban J connectivity index is 2.74. The largest absolute Gasteiger partial charge is 0.212 e. The lowest BCUT2D eigenvalue weighted by atomic mass is 10.1. The minimum Gasteiger partial charge on any atom is -0.212 e. The minimum absolute atomic E-state index is 0.0348. The Morgan fingerprint density at radius 1 is 1.67 bits per heavy atom. The van der Waals surface area contributed by atoms with Crippen molar-refractivity contribution in [3.8, 4) is 0 Å². The maximum absolute atomic E-state index is 12.4. The number of hydrogen-bond donors (Lipinski definition) is 0. The van der Waals surface area contributed by atoms with E-state index >= 15 is 0 Å². The molecule has 0 saturated carbocycles. The molecule has 0 atom stereocenters. The highest BCUT2D eigenvalue weighted by Gasteiger charge is 1.99. The van der Waals surface area contributed by atoms with E-state index in [0.29, 0.717) is 6.42 Å². The smallest absolute Gasteiger partial charge is 0.101 e. The standard InChI is InChI=1S/C8H9F/c1-2-7-4-3-5-8(9)6-7/h2,4,6H,1,3,5H2. The predicted molar refractivity (Wildman–Crippen MR) is 36.7 cm³/mol. The van der Waals surface area contributed by atoms with Gasteiger partial charge in [0.1, 0.15) is 5.83 Å². The topological polar surface area (TPSA) is 0 Å². The van der Waals surface area contributed by atoms with Crippen molar-refractivity contribution in [3.63, 3.8) is 0 Å². The normalized spacial score (nSPS) is 18.3. The average molecular weight is 124 g/mol. The van der Waals surface area contributed by atoms with Gasteiger partial charge < -0.3 is 0 Å². The van der Waals surface area contributed by atoms with Crippen LogP contribution in [-0.2, 0) is 0 Å². The Kier molecular flexibility index (Phi) is 1.83. The second-order valence-corrected chi connectivity index (χ2v) is 2.04. The van der Waals surface area contributed by atoms with Crippen LogP contribution in [0, 0.1) is 0 Å². The molecule has 1 aliphatic rings. The lowest BCUT2D eigenvalue weighted by molar-refractivity contribution is 0.586. The van der Waals surface area contributed by atoms with Gasteiger partial charge in [0.15, 0.2) is 0 Å². The third-order valence-electron chi connectivity index (χ3n) is 1.32. The van der Waals surface area contributed by atoms with Crippen molar-refractivity contribution in [2.75, 3.05) is 0 Å². The molecule has 0 nitrogen and oxygen atoms in total. The molecule has 9 heavy (non-hydrogen) atoms. The van der Waals surface area contributed by atoms with Gasteiger partial charge in [0.2, 0.25) is 0 Å². The summed E-state index contributed by atoms with van der Waals surface area (Å²) in [5.74, 6) is -0.0348. The van der Waals surface area contributed by atoms with Crippen LogP contribution in [0.4, 0.5) is 4.39 Å². The molecule has 0 saturated heterocycles. The van der Waals surface area contributed by atoms with E-state index < -0.39 is 0 Å².